The molecule has 6 heteroatoms. The van der Waals surface area contributed by atoms with Crippen molar-refractivity contribution in [2.24, 2.45) is 0 Å². The molecule has 0 spiro atoms. The third-order valence-corrected chi connectivity index (χ3v) is 2.22. The molecule has 0 saturated carbocycles. The van der Waals surface area contributed by atoms with Gasteiger partial charge in [-0.3, -0.25) is 4.79 Å². The number of amides is 1. The summed E-state index contributed by atoms with van der Waals surface area (Å²) >= 11 is 5.86. The van der Waals surface area contributed by atoms with E-state index in [2.05, 4.69) is 15.3 Å². The molecule has 0 saturated heterocycles. The molecular formula is C10H15ClN4O. The fraction of sp³-hybridized carbons (Fsp3) is 0.500. The monoisotopic (exact) mass is 242 g/mol. The zero-order chi connectivity index (χ0) is 12.0. The molecule has 1 amide bonds. The first-order chi connectivity index (χ1) is 7.65. The Morgan fingerprint density at radius 1 is 1.50 bits per heavy atom. The van der Waals surface area contributed by atoms with E-state index in [0.717, 1.165) is 6.42 Å². The van der Waals surface area contributed by atoms with Crippen molar-refractivity contribution in [1.29, 1.82) is 0 Å². The van der Waals surface area contributed by atoms with Crippen molar-refractivity contribution < 1.29 is 4.79 Å². The molecule has 88 valence electrons. The van der Waals surface area contributed by atoms with E-state index in [9.17, 15) is 4.79 Å². The van der Waals surface area contributed by atoms with Crippen molar-refractivity contribution in [2.45, 2.75) is 13.3 Å². The summed E-state index contributed by atoms with van der Waals surface area (Å²) in [6, 6.07) is 0. The number of hydrogen-bond acceptors (Lipinski definition) is 4. The normalized spacial score (nSPS) is 9.94. The van der Waals surface area contributed by atoms with Crippen molar-refractivity contribution in [3.8, 4) is 0 Å². The molecule has 0 fully saturated rings. The van der Waals surface area contributed by atoms with Gasteiger partial charge in [-0.25, -0.2) is 9.97 Å². The summed E-state index contributed by atoms with van der Waals surface area (Å²) in [4.78, 5) is 21.1. The van der Waals surface area contributed by atoms with Crippen LogP contribution in [0.15, 0.2) is 12.4 Å². The quantitative estimate of drug-likeness (QED) is 0.840. The highest BCUT2D eigenvalue weighted by atomic mass is 35.5. The molecule has 0 radical (unpaired) electrons. The molecule has 16 heavy (non-hydrogen) atoms. The van der Waals surface area contributed by atoms with Crippen LogP contribution in [0.5, 0.6) is 0 Å². The van der Waals surface area contributed by atoms with Crippen LogP contribution in [0, 0.1) is 0 Å². The molecule has 1 rings (SSSR count). The summed E-state index contributed by atoms with van der Waals surface area (Å²) in [5, 5.41) is 3.08. The third-order valence-electron chi connectivity index (χ3n) is 1.95. The van der Waals surface area contributed by atoms with E-state index in [4.69, 9.17) is 11.6 Å². The fourth-order valence-electron chi connectivity index (χ4n) is 1.18. The number of nitrogens with one attached hydrogen (secondary N) is 1. The van der Waals surface area contributed by atoms with E-state index < -0.39 is 0 Å². The second kappa shape index (κ2) is 6.27. The average molecular weight is 243 g/mol. The first-order valence-electron chi connectivity index (χ1n) is 5.09. The molecule has 1 heterocycles. The maximum absolute atomic E-state index is 11.5. The first kappa shape index (κ1) is 12.7. The number of anilines is 1. The summed E-state index contributed by atoms with van der Waals surface area (Å²) in [6.45, 7) is 2.91. The highest BCUT2D eigenvalue weighted by Gasteiger charge is 2.11. The van der Waals surface area contributed by atoms with E-state index in [1.54, 1.807) is 18.1 Å². The summed E-state index contributed by atoms with van der Waals surface area (Å²) in [7, 11) is 1.75. The standard InChI is InChI=1S/C10H15ClN4O/c1-3-4-12-8(16)7-15(2)10-9(11)13-5-6-14-10/h5-6H,3-4,7H2,1-2H3,(H,12,16). The largest absolute Gasteiger partial charge is 0.355 e. The second-order valence-electron chi connectivity index (χ2n) is 3.38. The molecule has 0 aromatic carbocycles. The Morgan fingerprint density at radius 3 is 2.81 bits per heavy atom. The van der Waals surface area contributed by atoms with E-state index in [1.165, 1.54) is 6.20 Å². The lowest BCUT2D eigenvalue weighted by molar-refractivity contribution is -0.119. The summed E-state index contributed by atoms with van der Waals surface area (Å²) in [5.74, 6) is 0.460. The molecule has 1 N–H and O–H groups in total. The van der Waals surface area contributed by atoms with Gasteiger partial charge in [0.15, 0.2) is 11.0 Å². The van der Waals surface area contributed by atoms with E-state index in [1.807, 2.05) is 6.92 Å². The van der Waals surface area contributed by atoms with Gasteiger partial charge in [-0.2, -0.15) is 0 Å². The van der Waals surface area contributed by atoms with Crippen LogP contribution in [-0.4, -0.2) is 36.0 Å². The molecule has 0 unspecified atom stereocenters. The number of carbonyl (C=O) groups excluding carboxylic acids is 1. The Bertz CT molecular complexity index is 358. The van der Waals surface area contributed by atoms with Gasteiger partial charge >= 0.3 is 0 Å². The minimum atomic E-state index is -0.0499. The van der Waals surface area contributed by atoms with Crippen LogP contribution in [0.25, 0.3) is 0 Å². The molecule has 0 aliphatic rings. The average Bonchev–Trinajstić information content (AvgIpc) is 2.26. The summed E-state index contributed by atoms with van der Waals surface area (Å²) in [6.07, 6.45) is 3.97. The highest BCUT2D eigenvalue weighted by Crippen LogP contribution is 2.17. The van der Waals surface area contributed by atoms with Gasteiger partial charge in [0.2, 0.25) is 5.91 Å². The number of carbonyl (C=O) groups is 1. The Kier molecular flexibility index (Phi) is 4.98. The van der Waals surface area contributed by atoms with Crippen LogP contribution in [0.3, 0.4) is 0 Å². The SMILES string of the molecule is CCCNC(=O)CN(C)c1nccnc1Cl. The topological polar surface area (TPSA) is 58.1 Å². The zero-order valence-corrected chi connectivity index (χ0v) is 10.2. The minimum Gasteiger partial charge on any atom is -0.355 e. The van der Waals surface area contributed by atoms with Crippen LogP contribution in [0.1, 0.15) is 13.3 Å². The van der Waals surface area contributed by atoms with E-state index in [0.29, 0.717) is 17.5 Å². The van der Waals surface area contributed by atoms with E-state index >= 15 is 0 Å². The Morgan fingerprint density at radius 2 is 2.19 bits per heavy atom. The number of halogens is 1. The van der Waals surface area contributed by atoms with Crippen LogP contribution >= 0.6 is 11.6 Å². The zero-order valence-electron chi connectivity index (χ0n) is 9.40. The van der Waals surface area contributed by atoms with Gasteiger partial charge in [0.05, 0.1) is 6.54 Å². The van der Waals surface area contributed by atoms with Crippen LogP contribution < -0.4 is 10.2 Å². The van der Waals surface area contributed by atoms with Crippen LogP contribution in [0.4, 0.5) is 5.82 Å². The summed E-state index contributed by atoms with van der Waals surface area (Å²) in [5.41, 5.74) is 0. The number of hydrogen-bond donors (Lipinski definition) is 1. The fourth-order valence-corrected chi connectivity index (χ4v) is 1.43. The van der Waals surface area contributed by atoms with Crippen molar-refractivity contribution in [3.05, 3.63) is 17.5 Å². The second-order valence-corrected chi connectivity index (χ2v) is 3.73. The van der Waals surface area contributed by atoms with Gasteiger partial charge in [0, 0.05) is 26.0 Å². The van der Waals surface area contributed by atoms with Gasteiger partial charge in [-0.05, 0) is 6.42 Å². The molecular weight excluding hydrogens is 228 g/mol. The maximum Gasteiger partial charge on any atom is 0.239 e. The smallest absolute Gasteiger partial charge is 0.239 e. The van der Waals surface area contributed by atoms with Crippen molar-refractivity contribution in [1.82, 2.24) is 15.3 Å². The highest BCUT2D eigenvalue weighted by molar-refractivity contribution is 6.31. The molecule has 0 aliphatic carbocycles. The lowest BCUT2D eigenvalue weighted by Crippen LogP contribution is -2.36. The molecule has 5 nitrogen and oxygen atoms in total. The minimum absolute atomic E-state index is 0.0499. The molecule has 0 atom stereocenters. The lowest BCUT2D eigenvalue weighted by Gasteiger charge is -2.17. The molecule has 0 aliphatic heterocycles. The van der Waals surface area contributed by atoms with Crippen LogP contribution in [0.2, 0.25) is 5.15 Å². The van der Waals surface area contributed by atoms with E-state index in [-0.39, 0.29) is 12.5 Å². The van der Waals surface area contributed by atoms with Gasteiger partial charge in [-0.15, -0.1) is 0 Å². The number of nitrogens with zero attached hydrogens (tertiary/aromatic N) is 3. The molecule has 1 aromatic rings. The predicted octanol–water partition coefficient (Wildman–Crippen LogP) is 1.09. The van der Waals surface area contributed by atoms with Crippen LogP contribution in [-0.2, 0) is 4.79 Å². The Balaban J connectivity index is 2.55. The maximum atomic E-state index is 11.5. The Hall–Kier alpha value is -1.36. The van der Waals surface area contributed by atoms with Gasteiger partial charge < -0.3 is 10.2 Å². The third kappa shape index (κ3) is 3.66. The van der Waals surface area contributed by atoms with Crippen molar-refractivity contribution in [3.63, 3.8) is 0 Å². The molecule has 1 aromatic heterocycles. The first-order valence-corrected chi connectivity index (χ1v) is 5.47. The predicted molar refractivity (Wildman–Crippen MR) is 63.6 cm³/mol. The number of aromatic nitrogens is 2. The summed E-state index contributed by atoms with van der Waals surface area (Å²) < 4.78 is 0. The van der Waals surface area contributed by atoms with Crippen molar-refractivity contribution >= 4 is 23.3 Å². The molecule has 0 bridgehead atoms. The van der Waals surface area contributed by atoms with Gasteiger partial charge in [-0.1, -0.05) is 18.5 Å². The van der Waals surface area contributed by atoms with Gasteiger partial charge in [0.1, 0.15) is 0 Å². The Labute approximate surface area is 99.8 Å². The van der Waals surface area contributed by atoms with Crippen molar-refractivity contribution in [2.75, 3.05) is 25.0 Å². The van der Waals surface area contributed by atoms with Gasteiger partial charge in [0.25, 0.3) is 0 Å². The number of likely N-dealkylation sites (N-methyl/N-ethyl adjacent to an activating group) is 1. The lowest BCUT2D eigenvalue weighted by atomic mass is 10.4. The number of rotatable bonds is 5.